The second kappa shape index (κ2) is 6.13. The van der Waals surface area contributed by atoms with Gasteiger partial charge in [-0.2, -0.15) is 0 Å². The Kier molecular flexibility index (Phi) is 4.04. The Morgan fingerprint density at radius 2 is 2.09 bits per heavy atom. The van der Waals surface area contributed by atoms with Crippen LogP contribution in [-0.4, -0.2) is 29.0 Å². The predicted molar refractivity (Wildman–Crippen MR) is 86.4 cm³/mol. The first-order valence-corrected chi connectivity index (χ1v) is 7.59. The lowest BCUT2D eigenvalue weighted by Gasteiger charge is -2.38. The highest BCUT2D eigenvalue weighted by Gasteiger charge is 2.30. The lowest BCUT2D eigenvalue weighted by molar-refractivity contribution is 0.0963. The van der Waals surface area contributed by atoms with Crippen LogP contribution in [0.1, 0.15) is 35.2 Å². The first-order valence-electron chi connectivity index (χ1n) is 7.59. The number of rotatable bonds is 4. The Morgan fingerprint density at radius 1 is 1.27 bits per heavy atom. The standard InChI is InChI=1S/C17H20N4O/c1-12-8-10-19-15(11-12)21(13-5-3-6-13)16-14(17(22)18-2)7-4-9-20-16/h4,7-11,13H,3,5-6H2,1-2H3,(H,18,22). The molecule has 0 atom stereocenters. The maximum atomic E-state index is 12.2. The summed E-state index contributed by atoms with van der Waals surface area (Å²) in [6.45, 7) is 2.04. The van der Waals surface area contributed by atoms with Crippen molar-refractivity contribution in [1.82, 2.24) is 15.3 Å². The number of carbonyl (C=O) groups is 1. The number of anilines is 2. The minimum absolute atomic E-state index is 0.125. The summed E-state index contributed by atoms with van der Waals surface area (Å²) in [5, 5.41) is 2.69. The van der Waals surface area contributed by atoms with Crippen molar-refractivity contribution in [1.29, 1.82) is 0 Å². The smallest absolute Gasteiger partial charge is 0.254 e. The summed E-state index contributed by atoms with van der Waals surface area (Å²) in [5.41, 5.74) is 1.73. The highest BCUT2D eigenvalue weighted by molar-refractivity contribution is 5.99. The molecule has 0 radical (unpaired) electrons. The van der Waals surface area contributed by atoms with Gasteiger partial charge in [0, 0.05) is 25.5 Å². The Bertz CT molecular complexity index is 682. The molecule has 0 spiro atoms. The van der Waals surface area contributed by atoms with Crippen LogP contribution < -0.4 is 10.2 Å². The number of amides is 1. The fourth-order valence-electron chi connectivity index (χ4n) is 2.67. The van der Waals surface area contributed by atoms with Crippen LogP contribution in [-0.2, 0) is 0 Å². The molecule has 1 aliphatic carbocycles. The molecular weight excluding hydrogens is 276 g/mol. The van der Waals surface area contributed by atoms with Crippen molar-refractivity contribution >= 4 is 17.5 Å². The summed E-state index contributed by atoms with van der Waals surface area (Å²) in [5.74, 6) is 1.42. The zero-order valence-corrected chi connectivity index (χ0v) is 12.9. The van der Waals surface area contributed by atoms with Crippen LogP contribution in [0.3, 0.4) is 0 Å². The van der Waals surface area contributed by atoms with Crippen molar-refractivity contribution < 1.29 is 4.79 Å². The van der Waals surface area contributed by atoms with E-state index >= 15 is 0 Å². The zero-order valence-electron chi connectivity index (χ0n) is 12.9. The number of nitrogens with zero attached hydrogens (tertiary/aromatic N) is 3. The molecule has 0 unspecified atom stereocenters. The topological polar surface area (TPSA) is 58.1 Å². The van der Waals surface area contributed by atoms with E-state index in [9.17, 15) is 4.79 Å². The van der Waals surface area contributed by atoms with Crippen LogP contribution in [0.15, 0.2) is 36.7 Å². The van der Waals surface area contributed by atoms with Gasteiger partial charge in [0.2, 0.25) is 0 Å². The van der Waals surface area contributed by atoms with E-state index in [0.29, 0.717) is 17.4 Å². The van der Waals surface area contributed by atoms with Crippen molar-refractivity contribution in [3.63, 3.8) is 0 Å². The van der Waals surface area contributed by atoms with Gasteiger partial charge in [-0.05, 0) is 56.0 Å². The van der Waals surface area contributed by atoms with Gasteiger partial charge in [-0.25, -0.2) is 9.97 Å². The van der Waals surface area contributed by atoms with Crippen molar-refractivity contribution in [3.05, 3.63) is 47.8 Å². The van der Waals surface area contributed by atoms with Crippen molar-refractivity contribution in [2.24, 2.45) is 0 Å². The van der Waals surface area contributed by atoms with Gasteiger partial charge in [0.15, 0.2) is 0 Å². The van der Waals surface area contributed by atoms with Gasteiger partial charge in [-0.1, -0.05) is 0 Å². The van der Waals surface area contributed by atoms with E-state index in [4.69, 9.17) is 0 Å². The minimum Gasteiger partial charge on any atom is -0.355 e. The predicted octanol–water partition coefficient (Wildman–Crippen LogP) is 2.84. The first-order chi connectivity index (χ1) is 10.7. The Balaban J connectivity index is 2.09. The van der Waals surface area contributed by atoms with Crippen LogP contribution in [0.5, 0.6) is 0 Å². The molecule has 0 aliphatic heterocycles. The molecule has 0 saturated heterocycles. The second-order valence-electron chi connectivity index (χ2n) is 5.60. The number of hydrogen-bond donors (Lipinski definition) is 1. The van der Waals surface area contributed by atoms with Gasteiger partial charge in [0.25, 0.3) is 5.91 Å². The highest BCUT2D eigenvalue weighted by atomic mass is 16.1. The molecule has 114 valence electrons. The van der Waals surface area contributed by atoms with E-state index in [1.165, 1.54) is 6.42 Å². The molecule has 2 heterocycles. The van der Waals surface area contributed by atoms with Crippen molar-refractivity contribution in [2.45, 2.75) is 32.2 Å². The van der Waals surface area contributed by atoms with Crippen LogP contribution in [0, 0.1) is 6.92 Å². The van der Waals surface area contributed by atoms with E-state index in [-0.39, 0.29) is 5.91 Å². The first kappa shape index (κ1) is 14.5. The number of aryl methyl sites for hydroxylation is 1. The number of pyridine rings is 2. The molecule has 3 rings (SSSR count). The Morgan fingerprint density at radius 3 is 2.73 bits per heavy atom. The van der Waals surface area contributed by atoms with E-state index < -0.39 is 0 Å². The van der Waals surface area contributed by atoms with Crippen LogP contribution in [0.2, 0.25) is 0 Å². The molecule has 1 fully saturated rings. The summed E-state index contributed by atoms with van der Waals surface area (Å²) >= 11 is 0. The summed E-state index contributed by atoms with van der Waals surface area (Å²) in [6.07, 6.45) is 6.93. The van der Waals surface area contributed by atoms with Crippen molar-refractivity contribution in [2.75, 3.05) is 11.9 Å². The number of carbonyl (C=O) groups excluding carboxylic acids is 1. The van der Waals surface area contributed by atoms with Gasteiger partial charge in [-0.15, -0.1) is 0 Å². The lowest BCUT2D eigenvalue weighted by Crippen LogP contribution is -2.39. The van der Waals surface area contributed by atoms with Gasteiger partial charge >= 0.3 is 0 Å². The van der Waals surface area contributed by atoms with Crippen molar-refractivity contribution in [3.8, 4) is 0 Å². The highest BCUT2D eigenvalue weighted by Crippen LogP contribution is 2.35. The number of hydrogen-bond acceptors (Lipinski definition) is 4. The molecule has 1 saturated carbocycles. The van der Waals surface area contributed by atoms with Crippen LogP contribution in [0.4, 0.5) is 11.6 Å². The SMILES string of the molecule is CNC(=O)c1cccnc1N(c1cc(C)ccn1)C1CCC1. The second-order valence-corrected chi connectivity index (χ2v) is 5.60. The molecule has 2 aromatic rings. The minimum atomic E-state index is -0.125. The number of nitrogens with one attached hydrogen (secondary N) is 1. The monoisotopic (exact) mass is 296 g/mol. The molecule has 5 heteroatoms. The third-order valence-electron chi connectivity index (χ3n) is 4.07. The van der Waals surface area contributed by atoms with Gasteiger partial charge in [-0.3, -0.25) is 4.79 Å². The Hall–Kier alpha value is -2.43. The number of aromatic nitrogens is 2. The molecule has 1 amide bonds. The molecule has 0 aromatic carbocycles. The van der Waals surface area contributed by atoms with E-state index in [0.717, 1.165) is 24.2 Å². The third-order valence-corrected chi connectivity index (χ3v) is 4.07. The Labute approximate surface area is 130 Å². The maximum Gasteiger partial charge on any atom is 0.254 e. The lowest BCUT2D eigenvalue weighted by atomic mass is 9.91. The van der Waals surface area contributed by atoms with Gasteiger partial charge in [0.05, 0.1) is 5.56 Å². The fourth-order valence-corrected chi connectivity index (χ4v) is 2.67. The normalized spacial score (nSPS) is 14.3. The summed E-state index contributed by atoms with van der Waals surface area (Å²) in [7, 11) is 1.64. The summed E-state index contributed by atoms with van der Waals surface area (Å²) in [6, 6.07) is 7.97. The van der Waals surface area contributed by atoms with Crippen LogP contribution in [0.25, 0.3) is 0 Å². The van der Waals surface area contributed by atoms with Gasteiger partial charge < -0.3 is 10.2 Å². The molecule has 5 nitrogen and oxygen atoms in total. The van der Waals surface area contributed by atoms with Crippen LogP contribution >= 0.6 is 0 Å². The molecule has 2 aromatic heterocycles. The molecule has 1 aliphatic rings. The summed E-state index contributed by atoms with van der Waals surface area (Å²) < 4.78 is 0. The average molecular weight is 296 g/mol. The molecule has 0 bridgehead atoms. The molecular formula is C17H20N4O. The average Bonchev–Trinajstić information content (AvgIpc) is 2.50. The zero-order chi connectivity index (χ0) is 15.5. The maximum absolute atomic E-state index is 12.2. The van der Waals surface area contributed by atoms with Gasteiger partial charge in [0.1, 0.15) is 11.6 Å². The van der Waals surface area contributed by atoms with E-state index in [1.807, 2.05) is 25.1 Å². The van der Waals surface area contributed by atoms with E-state index in [2.05, 4.69) is 20.2 Å². The largest absolute Gasteiger partial charge is 0.355 e. The quantitative estimate of drug-likeness (QED) is 0.942. The third kappa shape index (κ3) is 2.66. The molecule has 1 N–H and O–H groups in total. The fraction of sp³-hybridized carbons (Fsp3) is 0.353. The molecule has 22 heavy (non-hydrogen) atoms. The summed E-state index contributed by atoms with van der Waals surface area (Å²) in [4.78, 5) is 23.3. The van der Waals surface area contributed by atoms with E-state index in [1.54, 1.807) is 25.5 Å².